The standard InChI is InChI=1S/C15H21N/c1-11-5-4-6-12-7-8-13(16)15(14(11)12)9-2-3-10-15/h4-6,13H,2-3,7-10,16H2,1H3. The Kier molecular flexibility index (Phi) is 2.32. The maximum absolute atomic E-state index is 6.46. The van der Waals surface area contributed by atoms with Crippen LogP contribution in [0.25, 0.3) is 0 Å². The Labute approximate surface area is 98.0 Å². The van der Waals surface area contributed by atoms with Gasteiger partial charge >= 0.3 is 0 Å². The first-order chi connectivity index (χ1) is 7.74. The van der Waals surface area contributed by atoms with Crippen LogP contribution in [0.1, 0.15) is 48.8 Å². The minimum absolute atomic E-state index is 0.332. The lowest BCUT2D eigenvalue weighted by atomic mass is 9.64. The van der Waals surface area contributed by atoms with Gasteiger partial charge in [0.25, 0.3) is 0 Å². The van der Waals surface area contributed by atoms with E-state index in [1.165, 1.54) is 44.1 Å². The summed E-state index contributed by atoms with van der Waals surface area (Å²) in [5.74, 6) is 0. The minimum Gasteiger partial charge on any atom is -0.327 e. The molecule has 0 saturated heterocycles. The second kappa shape index (κ2) is 3.59. The summed E-state index contributed by atoms with van der Waals surface area (Å²) in [6.45, 7) is 2.26. The fraction of sp³-hybridized carbons (Fsp3) is 0.600. The Balaban J connectivity index is 2.19. The normalized spacial score (nSPS) is 27.0. The molecule has 2 N–H and O–H groups in total. The van der Waals surface area contributed by atoms with E-state index in [0.29, 0.717) is 11.5 Å². The van der Waals surface area contributed by atoms with Crippen LogP contribution in [0.5, 0.6) is 0 Å². The van der Waals surface area contributed by atoms with Crippen molar-refractivity contribution in [1.29, 1.82) is 0 Å². The van der Waals surface area contributed by atoms with Crippen molar-refractivity contribution in [2.75, 3.05) is 0 Å². The molecule has 0 aliphatic heterocycles. The lowest BCUT2D eigenvalue weighted by molar-refractivity contribution is 0.312. The lowest BCUT2D eigenvalue weighted by Gasteiger charge is -2.42. The molecule has 86 valence electrons. The zero-order valence-corrected chi connectivity index (χ0v) is 10.1. The molecule has 1 saturated carbocycles. The smallest absolute Gasteiger partial charge is 0.0140 e. The molecule has 16 heavy (non-hydrogen) atoms. The van der Waals surface area contributed by atoms with Crippen molar-refractivity contribution in [1.82, 2.24) is 0 Å². The van der Waals surface area contributed by atoms with Gasteiger partial charge in [-0.25, -0.2) is 0 Å². The number of fused-ring (bicyclic) bond motifs is 2. The third-order valence-electron chi connectivity index (χ3n) is 4.79. The molecule has 1 aromatic carbocycles. The van der Waals surface area contributed by atoms with E-state index in [1.807, 2.05) is 0 Å². The van der Waals surface area contributed by atoms with Crippen molar-refractivity contribution in [3.63, 3.8) is 0 Å². The topological polar surface area (TPSA) is 26.0 Å². The molecule has 1 heteroatoms. The summed E-state index contributed by atoms with van der Waals surface area (Å²) in [7, 11) is 0. The first-order valence-electron chi connectivity index (χ1n) is 6.58. The van der Waals surface area contributed by atoms with E-state index in [2.05, 4.69) is 25.1 Å². The lowest BCUT2D eigenvalue weighted by Crippen LogP contribution is -2.47. The van der Waals surface area contributed by atoms with Gasteiger partial charge in [-0.3, -0.25) is 0 Å². The molecule has 1 nitrogen and oxygen atoms in total. The number of hydrogen-bond acceptors (Lipinski definition) is 1. The number of nitrogens with two attached hydrogens (primary N) is 1. The zero-order valence-electron chi connectivity index (χ0n) is 10.1. The Morgan fingerprint density at radius 2 is 2.00 bits per heavy atom. The van der Waals surface area contributed by atoms with Crippen molar-refractivity contribution in [3.05, 3.63) is 34.9 Å². The van der Waals surface area contributed by atoms with Crippen LogP contribution in [0.4, 0.5) is 0 Å². The van der Waals surface area contributed by atoms with Crippen LogP contribution in [0.2, 0.25) is 0 Å². The largest absolute Gasteiger partial charge is 0.327 e. The maximum Gasteiger partial charge on any atom is 0.0140 e. The molecule has 2 aliphatic rings. The third kappa shape index (κ3) is 1.27. The Bertz CT molecular complexity index is 402. The van der Waals surface area contributed by atoms with Crippen molar-refractivity contribution < 1.29 is 0 Å². The third-order valence-corrected chi connectivity index (χ3v) is 4.79. The Morgan fingerprint density at radius 1 is 1.25 bits per heavy atom. The van der Waals surface area contributed by atoms with Gasteiger partial charge in [0.05, 0.1) is 0 Å². The van der Waals surface area contributed by atoms with Crippen LogP contribution in [-0.4, -0.2) is 6.04 Å². The van der Waals surface area contributed by atoms with Crippen LogP contribution in [-0.2, 0) is 11.8 Å². The highest BCUT2D eigenvalue weighted by Crippen LogP contribution is 2.49. The molecule has 1 aromatic rings. The molecule has 0 amide bonds. The Hall–Kier alpha value is -0.820. The van der Waals surface area contributed by atoms with Crippen molar-refractivity contribution in [2.24, 2.45) is 5.73 Å². The van der Waals surface area contributed by atoms with Gasteiger partial charge in [-0.05, 0) is 49.3 Å². The predicted octanol–water partition coefficient (Wildman–Crippen LogP) is 3.08. The molecule has 0 heterocycles. The second-order valence-electron chi connectivity index (χ2n) is 5.62. The van der Waals surface area contributed by atoms with Crippen LogP contribution in [0.3, 0.4) is 0 Å². The van der Waals surface area contributed by atoms with Gasteiger partial charge in [0.2, 0.25) is 0 Å². The quantitative estimate of drug-likeness (QED) is 0.707. The summed E-state index contributed by atoms with van der Waals surface area (Å²) in [5.41, 5.74) is 11.4. The van der Waals surface area contributed by atoms with Crippen molar-refractivity contribution in [2.45, 2.75) is 56.9 Å². The molecular formula is C15H21N. The van der Waals surface area contributed by atoms with Gasteiger partial charge in [-0.15, -0.1) is 0 Å². The minimum atomic E-state index is 0.332. The number of hydrogen-bond donors (Lipinski definition) is 1. The zero-order chi connectivity index (χ0) is 11.2. The average molecular weight is 215 g/mol. The molecule has 2 aliphatic carbocycles. The first kappa shape index (κ1) is 10.3. The maximum atomic E-state index is 6.46. The van der Waals surface area contributed by atoms with Gasteiger partial charge in [-0.1, -0.05) is 31.0 Å². The van der Waals surface area contributed by atoms with Gasteiger partial charge in [0.1, 0.15) is 0 Å². The summed E-state index contributed by atoms with van der Waals surface area (Å²) in [4.78, 5) is 0. The number of benzene rings is 1. The highest BCUT2D eigenvalue weighted by molar-refractivity contribution is 5.45. The van der Waals surface area contributed by atoms with Crippen LogP contribution in [0.15, 0.2) is 18.2 Å². The van der Waals surface area contributed by atoms with E-state index in [4.69, 9.17) is 5.73 Å². The van der Waals surface area contributed by atoms with Gasteiger partial charge in [0, 0.05) is 11.5 Å². The fourth-order valence-electron chi connectivity index (χ4n) is 4.05. The summed E-state index contributed by atoms with van der Waals surface area (Å²) in [6, 6.07) is 7.17. The van der Waals surface area contributed by atoms with E-state index >= 15 is 0 Å². The first-order valence-corrected chi connectivity index (χ1v) is 6.58. The molecule has 1 unspecified atom stereocenters. The molecule has 0 radical (unpaired) electrons. The SMILES string of the molecule is Cc1cccc2c1C1(CCCC1)C(N)CC2. The van der Waals surface area contributed by atoms with Gasteiger partial charge < -0.3 is 5.73 Å². The summed E-state index contributed by atoms with van der Waals surface area (Å²) in [5, 5.41) is 0. The van der Waals surface area contributed by atoms with E-state index in [9.17, 15) is 0 Å². The molecule has 3 rings (SSSR count). The van der Waals surface area contributed by atoms with Crippen molar-refractivity contribution >= 4 is 0 Å². The number of rotatable bonds is 0. The summed E-state index contributed by atoms with van der Waals surface area (Å²) in [6.07, 6.45) is 7.71. The van der Waals surface area contributed by atoms with Gasteiger partial charge in [0.15, 0.2) is 0 Å². The predicted molar refractivity (Wildman–Crippen MR) is 67.6 cm³/mol. The Morgan fingerprint density at radius 3 is 2.75 bits per heavy atom. The van der Waals surface area contributed by atoms with Gasteiger partial charge in [-0.2, -0.15) is 0 Å². The van der Waals surface area contributed by atoms with Crippen molar-refractivity contribution in [3.8, 4) is 0 Å². The summed E-state index contributed by atoms with van der Waals surface area (Å²) >= 11 is 0. The monoisotopic (exact) mass is 215 g/mol. The van der Waals surface area contributed by atoms with Crippen LogP contribution >= 0.6 is 0 Å². The molecule has 0 aromatic heterocycles. The molecule has 1 spiro atoms. The number of aryl methyl sites for hydroxylation is 2. The average Bonchev–Trinajstić information content (AvgIpc) is 2.74. The molecular weight excluding hydrogens is 194 g/mol. The van der Waals surface area contributed by atoms with E-state index < -0.39 is 0 Å². The van der Waals surface area contributed by atoms with E-state index in [0.717, 1.165) is 0 Å². The second-order valence-corrected chi connectivity index (χ2v) is 5.62. The summed E-state index contributed by atoms with van der Waals surface area (Å²) < 4.78 is 0. The fourth-order valence-corrected chi connectivity index (χ4v) is 4.05. The highest BCUT2D eigenvalue weighted by atomic mass is 14.7. The molecule has 0 bridgehead atoms. The van der Waals surface area contributed by atoms with Crippen LogP contribution < -0.4 is 5.73 Å². The molecule has 1 fully saturated rings. The van der Waals surface area contributed by atoms with E-state index in [-0.39, 0.29) is 0 Å². The highest BCUT2D eigenvalue weighted by Gasteiger charge is 2.44. The molecule has 1 atom stereocenters. The van der Waals surface area contributed by atoms with E-state index in [1.54, 1.807) is 11.1 Å². The van der Waals surface area contributed by atoms with Crippen LogP contribution in [0, 0.1) is 6.92 Å².